The van der Waals surface area contributed by atoms with Gasteiger partial charge in [0.1, 0.15) is 5.75 Å². The number of carbonyl (C=O) groups excluding carboxylic acids is 1. The molecule has 1 rings (SSSR count). The standard InChI is InChI=1S/C11H14ClNO5S2/c1-19(15,16)8-11(14)13-7-6-9-2-4-10(5-3-9)20(12,17)18/h2-5H,6-8H2,1H3,(H,13,14). The summed E-state index contributed by atoms with van der Waals surface area (Å²) in [4.78, 5) is 11.3. The van der Waals surface area contributed by atoms with Crippen molar-refractivity contribution in [3.8, 4) is 0 Å². The zero-order valence-corrected chi connectivity index (χ0v) is 13.1. The van der Waals surface area contributed by atoms with E-state index in [0.717, 1.165) is 11.8 Å². The third-order valence-corrected chi connectivity index (χ3v) is 4.49. The van der Waals surface area contributed by atoms with Crippen LogP contribution in [0.15, 0.2) is 29.2 Å². The van der Waals surface area contributed by atoms with Crippen LogP contribution in [0.2, 0.25) is 0 Å². The molecule has 0 aliphatic heterocycles. The number of benzene rings is 1. The monoisotopic (exact) mass is 339 g/mol. The largest absolute Gasteiger partial charge is 0.355 e. The van der Waals surface area contributed by atoms with Crippen LogP contribution in [0.5, 0.6) is 0 Å². The first kappa shape index (κ1) is 16.9. The number of hydrogen-bond donors (Lipinski definition) is 1. The summed E-state index contributed by atoms with van der Waals surface area (Å²) >= 11 is 0. The van der Waals surface area contributed by atoms with Crippen LogP contribution in [0.3, 0.4) is 0 Å². The summed E-state index contributed by atoms with van der Waals surface area (Å²) in [6, 6.07) is 5.90. The SMILES string of the molecule is CS(=O)(=O)CC(=O)NCCc1ccc(S(=O)(=O)Cl)cc1. The Balaban J connectivity index is 2.49. The van der Waals surface area contributed by atoms with Crippen LogP contribution in [-0.2, 0) is 30.1 Å². The summed E-state index contributed by atoms with van der Waals surface area (Å²) in [5.41, 5.74) is 0.800. The fraction of sp³-hybridized carbons (Fsp3) is 0.364. The van der Waals surface area contributed by atoms with Gasteiger partial charge in [-0.05, 0) is 24.1 Å². The molecule has 0 heterocycles. The summed E-state index contributed by atoms with van der Waals surface area (Å²) in [5, 5.41) is 2.47. The smallest absolute Gasteiger partial charge is 0.261 e. The minimum absolute atomic E-state index is 0.00373. The van der Waals surface area contributed by atoms with Crippen LogP contribution < -0.4 is 5.32 Å². The molecule has 1 aromatic carbocycles. The minimum Gasteiger partial charge on any atom is -0.355 e. The molecule has 0 spiro atoms. The first-order chi connectivity index (χ1) is 9.08. The van der Waals surface area contributed by atoms with Crippen LogP contribution in [0, 0.1) is 0 Å². The van der Waals surface area contributed by atoms with Gasteiger partial charge in [-0.15, -0.1) is 0 Å². The Labute approximate surface area is 122 Å². The van der Waals surface area contributed by atoms with Crippen LogP contribution in [-0.4, -0.2) is 41.3 Å². The van der Waals surface area contributed by atoms with E-state index in [0.29, 0.717) is 6.42 Å². The van der Waals surface area contributed by atoms with Crippen LogP contribution in [0.1, 0.15) is 5.56 Å². The molecule has 1 amide bonds. The van der Waals surface area contributed by atoms with Crippen molar-refractivity contribution in [3.05, 3.63) is 29.8 Å². The highest BCUT2D eigenvalue weighted by Gasteiger charge is 2.11. The van der Waals surface area contributed by atoms with Crippen molar-refractivity contribution in [2.75, 3.05) is 18.6 Å². The van der Waals surface area contributed by atoms with E-state index >= 15 is 0 Å². The van der Waals surface area contributed by atoms with Gasteiger partial charge in [0.05, 0.1) is 4.90 Å². The predicted octanol–water partition coefficient (Wildman–Crippen LogP) is 0.317. The molecule has 6 nitrogen and oxygen atoms in total. The van der Waals surface area contributed by atoms with Crippen molar-refractivity contribution in [2.24, 2.45) is 0 Å². The number of sulfone groups is 1. The maximum Gasteiger partial charge on any atom is 0.261 e. The zero-order valence-electron chi connectivity index (χ0n) is 10.7. The Morgan fingerprint density at radius 3 is 2.15 bits per heavy atom. The summed E-state index contributed by atoms with van der Waals surface area (Å²) in [5.74, 6) is -1.11. The van der Waals surface area contributed by atoms with Crippen LogP contribution in [0.25, 0.3) is 0 Å². The molecule has 0 radical (unpaired) electrons. The summed E-state index contributed by atoms with van der Waals surface area (Å²) in [7, 11) is -1.90. The first-order valence-electron chi connectivity index (χ1n) is 5.56. The van der Waals surface area contributed by atoms with Gasteiger partial charge in [-0.2, -0.15) is 0 Å². The molecule has 0 saturated heterocycles. The molecule has 20 heavy (non-hydrogen) atoms. The summed E-state index contributed by atoms with van der Waals surface area (Å²) < 4.78 is 43.8. The number of carbonyl (C=O) groups is 1. The molecule has 0 aliphatic rings. The molecule has 9 heteroatoms. The molecule has 1 N–H and O–H groups in total. The maximum atomic E-state index is 11.2. The van der Waals surface area contributed by atoms with Gasteiger partial charge in [0.2, 0.25) is 5.91 Å². The first-order valence-corrected chi connectivity index (χ1v) is 9.93. The van der Waals surface area contributed by atoms with E-state index in [1.54, 1.807) is 12.1 Å². The van der Waals surface area contributed by atoms with E-state index < -0.39 is 30.5 Å². The molecular weight excluding hydrogens is 326 g/mol. The number of amides is 1. The van der Waals surface area contributed by atoms with Gasteiger partial charge < -0.3 is 5.32 Å². The lowest BCUT2D eigenvalue weighted by Gasteiger charge is -2.05. The second-order valence-corrected chi connectivity index (χ2v) is 8.96. The van der Waals surface area contributed by atoms with Gasteiger partial charge in [-0.25, -0.2) is 16.8 Å². The highest BCUT2D eigenvalue weighted by atomic mass is 35.7. The lowest BCUT2D eigenvalue weighted by Crippen LogP contribution is -2.31. The topological polar surface area (TPSA) is 97.4 Å². The third-order valence-electron chi connectivity index (χ3n) is 2.33. The van der Waals surface area contributed by atoms with Gasteiger partial charge in [0.15, 0.2) is 9.84 Å². The predicted molar refractivity (Wildman–Crippen MR) is 75.9 cm³/mol. The molecule has 0 unspecified atom stereocenters. The molecule has 0 aliphatic carbocycles. The highest BCUT2D eigenvalue weighted by Crippen LogP contribution is 2.15. The number of halogens is 1. The van der Waals surface area contributed by atoms with E-state index in [1.807, 2.05) is 0 Å². The summed E-state index contributed by atoms with van der Waals surface area (Å²) in [6.45, 7) is 0.265. The Bertz CT molecular complexity index is 680. The second-order valence-electron chi connectivity index (χ2n) is 4.25. The lowest BCUT2D eigenvalue weighted by molar-refractivity contribution is -0.118. The Morgan fingerprint density at radius 2 is 1.70 bits per heavy atom. The molecule has 0 atom stereocenters. The van der Waals surface area contributed by atoms with Crippen molar-refractivity contribution in [1.82, 2.24) is 5.32 Å². The average Bonchev–Trinajstić information content (AvgIpc) is 2.26. The van der Waals surface area contributed by atoms with E-state index in [9.17, 15) is 21.6 Å². The molecule has 0 bridgehead atoms. The zero-order chi connectivity index (χ0) is 15.4. The lowest BCUT2D eigenvalue weighted by atomic mass is 10.1. The Morgan fingerprint density at radius 1 is 1.15 bits per heavy atom. The second kappa shape index (κ2) is 6.55. The normalized spacial score (nSPS) is 12.1. The number of rotatable bonds is 6. The number of hydrogen-bond acceptors (Lipinski definition) is 5. The summed E-state index contributed by atoms with van der Waals surface area (Å²) in [6.07, 6.45) is 1.44. The van der Waals surface area contributed by atoms with Gasteiger partial charge in [-0.3, -0.25) is 4.79 Å². The quantitative estimate of drug-likeness (QED) is 0.753. The molecule has 0 fully saturated rings. The van der Waals surface area contributed by atoms with E-state index in [-0.39, 0.29) is 11.4 Å². The molecule has 1 aromatic rings. The number of nitrogens with one attached hydrogen (secondary N) is 1. The van der Waals surface area contributed by atoms with Gasteiger partial charge >= 0.3 is 0 Å². The Hall–Kier alpha value is -1.12. The van der Waals surface area contributed by atoms with Crippen molar-refractivity contribution in [1.29, 1.82) is 0 Å². The van der Waals surface area contributed by atoms with Crippen LogP contribution >= 0.6 is 10.7 Å². The van der Waals surface area contributed by atoms with Crippen molar-refractivity contribution in [2.45, 2.75) is 11.3 Å². The molecular formula is C11H14ClNO5S2. The minimum atomic E-state index is -3.74. The van der Waals surface area contributed by atoms with Crippen LogP contribution in [0.4, 0.5) is 0 Å². The van der Waals surface area contributed by atoms with Crippen molar-refractivity contribution < 1.29 is 21.6 Å². The van der Waals surface area contributed by atoms with E-state index in [1.165, 1.54) is 12.1 Å². The van der Waals surface area contributed by atoms with Gasteiger partial charge in [0.25, 0.3) is 9.05 Å². The van der Waals surface area contributed by atoms with Gasteiger partial charge in [0, 0.05) is 23.5 Å². The van der Waals surface area contributed by atoms with E-state index in [2.05, 4.69) is 5.32 Å². The molecule has 0 aromatic heterocycles. The van der Waals surface area contributed by atoms with Crippen molar-refractivity contribution in [3.63, 3.8) is 0 Å². The van der Waals surface area contributed by atoms with E-state index in [4.69, 9.17) is 10.7 Å². The fourth-order valence-corrected chi connectivity index (χ4v) is 2.80. The highest BCUT2D eigenvalue weighted by molar-refractivity contribution is 8.13. The van der Waals surface area contributed by atoms with Crippen molar-refractivity contribution >= 4 is 35.5 Å². The fourth-order valence-electron chi connectivity index (χ4n) is 1.45. The molecule has 112 valence electrons. The third kappa shape index (κ3) is 6.36. The molecule has 0 saturated carbocycles. The average molecular weight is 340 g/mol. The van der Waals surface area contributed by atoms with Gasteiger partial charge in [-0.1, -0.05) is 12.1 Å². The Kier molecular flexibility index (Phi) is 5.55. The maximum absolute atomic E-state index is 11.2.